The third-order valence-corrected chi connectivity index (χ3v) is 3.38. The van der Waals surface area contributed by atoms with Crippen LogP contribution >= 0.6 is 0 Å². The quantitative estimate of drug-likeness (QED) is 0.697. The molecule has 0 radical (unpaired) electrons. The molecule has 0 spiro atoms. The van der Waals surface area contributed by atoms with Gasteiger partial charge < -0.3 is 10.2 Å². The van der Waals surface area contributed by atoms with Gasteiger partial charge in [-0.05, 0) is 25.9 Å². The predicted molar refractivity (Wildman–Crippen MR) is 75.7 cm³/mol. The van der Waals surface area contributed by atoms with Crippen molar-refractivity contribution >= 4 is 5.91 Å². The maximum Gasteiger partial charge on any atom is 0.222 e. The monoisotopic (exact) mass is 255 g/mol. The third-order valence-electron chi connectivity index (χ3n) is 3.38. The van der Waals surface area contributed by atoms with Crippen LogP contribution in [0.2, 0.25) is 0 Å². The molecule has 0 aliphatic carbocycles. The average Bonchev–Trinajstić information content (AvgIpc) is 2.35. The van der Waals surface area contributed by atoms with Gasteiger partial charge in [-0.15, -0.1) is 0 Å². The van der Waals surface area contributed by atoms with Crippen molar-refractivity contribution in [2.24, 2.45) is 0 Å². The van der Waals surface area contributed by atoms with Crippen LogP contribution in [0.4, 0.5) is 0 Å². The maximum absolute atomic E-state index is 12.0. The van der Waals surface area contributed by atoms with Gasteiger partial charge in [0.15, 0.2) is 0 Å². The highest BCUT2D eigenvalue weighted by molar-refractivity contribution is 5.76. The lowest BCUT2D eigenvalue weighted by Gasteiger charge is -2.34. The first kappa shape index (κ1) is 15.4. The van der Waals surface area contributed by atoms with Gasteiger partial charge in [0, 0.05) is 38.6 Å². The summed E-state index contributed by atoms with van der Waals surface area (Å²) in [6.07, 6.45) is 2.84. The first-order valence-electron chi connectivity index (χ1n) is 7.37. The molecule has 0 aromatic rings. The second-order valence-electron chi connectivity index (χ2n) is 5.43. The van der Waals surface area contributed by atoms with Crippen molar-refractivity contribution in [3.63, 3.8) is 0 Å². The SMILES string of the molecule is CCCN1CCN(C(=O)CCCNC(C)C)CC1. The number of nitrogens with zero attached hydrogens (tertiary/aromatic N) is 2. The van der Waals surface area contributed by atoms with E-state index in [4.69, 9.17) is 0 Å². The van der Waals surface area contributed by atoms with Crippen molar-refractivity contribution in [1.82, 2.24) is 15.1 Å². The van der Waals surface area contributed by atoms with Crippen molar-refractivity contribution in [1.29, 1.82) is 0 Å². The first-order valence-corrected chi connectivity index (χ1v) is 7.37. The zero-order valence-corrected chi connectivity index (χ0v) is 12.2. The summed E-state index contributed by atoms with van der Waals surface area (Å²) in [6.45, 7) is 12.5. The molecule has 1 aliphatic rings. The van der Waals surface area contributed by atoms with E-state index in [9.17, 15) is 4.79 Å². The smallest absolute Gasteiger partial charge is 0.222 e. The van der Waals surface area contributed by atoms with E-state index in [1.807, 2.05) is 4.90 Å². The zero-order valence-electron chi connectivity index (χ0n) is 12.2. The number of piperazine rings is 1. The minimum Gasteiger partial charge on any atom is -0.340 e. The van der Waals surface area contributed by atoms with Gasteiger partial charge in [0.05, 0.1) is 0 Å². The largest absolute Gasteiger partial charge is 0.340 e. The molecule has 1 N–H and O–H groups in total. The summed E-state index contributed by atoms with van der Waals surface area (Å²) in [5.74, 6) is 0.330. The molecule has 1 saturated heterocycles. The molecule has 1 fully saturated rings. The molecule has 18 heavy (non-hydrogen) atoms. The number of carbonyl (C=O) groups excluding carboxylic acids is 1. The molecule has 0 unspecified atom stereocenters. The molecule has 0 aromatic carbocycles. The molecule has 1 amide bonds. The predicted octanol–water partition coefficient (Wildman–Crippen LogP) is 1.32. The van der Waals surface area contributed by atoms with Gasteiger partial charge >= 0.3 is 0 Å². The van der Waals surface area contributed by atoms with E-state index in [0.29, 0.717) is 18.4 Å². The van der Waals surface area contributed by atoms with Crippen LogP contribution in [0.1, 0.15) is 40.0 Å². The fourth-order valence-corrected chi connectivity index (χ4v) is 2.33. The lowest BCUT2D eigenvalue weighted by atomic mass is 10.2. The van der Waals surface area contributed by atoms with Gasteiger partial charge in [-0.2, -0.15) is 0 Å². The van der Waals surface area contributed by atoms with Crippen molar-refractivity contribution in [2.45, 2.75) is 46.1 Å². The fraction of sp³-hybridized carbons (Fsp3) is 0.929. The van der Waals surface area contributed by atoms with Crippen LogP contribution in [0.3, 0.4) is 0 Å². The Morgan fingerprint density at radius 2 is 1.89 bits per heavy atom. The number of hydrogen-bond acceptors (Lipinski definition) is 3. The Bertz CT molecular complexity index is 235. The molecule has 1 rings (SSSR count). The Morgan fingerprint density at radius 1 is 1.22 bits per heavy atom. The second kappa shape index (κ2) is 8.48. The summed E-state index contributed by atoms with van der Waals surface area (Å²) < 4.78 is 0. The zero-order chi connectivity index (χ0) is 13.4. The van der Waals surface area contributed by atoms with Crippen LogP contribution in [0.5, 0.6) is 0 Å². The minimum atomic E-state index is 0.330. The molecule has 4 nitrogen and oxygen atoms in total. The molecular formula is C14H29N3O. The number of rotatable bonds is 7. The number of amides is 1. The molecule has 0 saturated carbocycles. The maximum atomic E-state index is 12.0. The van der Waals surface area contributed by atoms with E-state index in [1.165, 1.54) is 13.0 Å². The van der Waals surface area contributed by atoms with Crippen LogP contribution in [-0.4, -0.2) is 61.0 Å². The molecule has 0 aromatic heterocycles. The normalized spacial score (nSPS) is 17.4. The lowest BCUT2D eigenvalue weighted by molar-refractivity contribution is -0.133. The number of carbonyl (C=O) groups is 1. The summed E-state index contributed by atoms with van der Waals surface area (Å²) in [5, 5.41) is 3.35. The first-order chi connectivity index (χ1) is 8.63. The van der Waals surface area contributed by atoms with E-state index >= 15 is 0 Å². The summed E-state index contributed by atoms with van der Waals surface area (Å²) in [5.41, 5.74) is 0. The van der Waals surface area contributed by atoms with Crippen molar-refractivity contribution < 1.29 is 4.79 Å². The molecule has 4 heteroatoms. The van der Waals surface area contributed by atoms with Crippen molar-refractivity contribution in [3.8, 4) is 0 Å². The summed E-state index contributed by atoms with van der Waals surface area (Å²) in [7, 11) is 0. The molecule has 1 heterocycles. The molecule has 1 aliphatic heterocycles. The van der Waals surface area contributed by atoms with Crippen LogP contribution in [0, 0.1) is 0 Å². The highest BCUT2D eigenvalue weighted by Gasteiger charge is 2.19. The van der Waals surface area contributed by atoms with Gasteiger partial charge in [-0.25, -0.2) is 0 Å². The van der Waals surface area contributed by atoms with Gasteiger partial charge in [0.2, 0.25) is 5.91 Å². The van der Waals surface area contributed by atoms with E-state index < -0.39 is 0 Å². The van der Waals surface area contributed by atoms with Gasteiger partial charge in [0.1, 0.15) is 0 Å². The Labute approximate surface area is 112 Å². The lowest BCUT2D eigenvalue weighted by Crippen LogP contribution is -2.48. The Morgan fingerprint density at radius 3 is 2.44 bits per heavy atom. The van der Waals surface area contributed by atoms with E-state index in [-0.39, 0.29) is 0 Å². The summed E-state index contributed by atoms with van der Waals surface area (Å²) in [6, 6.07) is 0.512. The van der Waals surface area contributed by atoms with Gasteiger partial charge in [0.25, 0.3) is 0 Å². The van der Waals surface area contributed by atoms with Crippen LogP contribution in [0.25, 0.3) is 0 Å². The highest BCUT2D eigenvalue weighted by Crippen LogP contribution is 2.05. The van der Waals surface area contributed by atoms with E-state index in [2.05, 4.69) is 31.0 Å². The van der Waals surface area contributed by atoms with Gasteiger partial charge in [-0.3, -0.25) is 9.69 Å². The van der Waals surface area contributed by atoms with Crippen LogP contribution < -0.4 is 5.32 Å². The summed E-state index contributed by atoms with van der Waals surface area (Å²) in [4.78, 5) is 16.5. The topological polar surface area (TPSA) is 35.6 Å². The Kier molecular flexibility index (Phi) is 7.28. The van der Waals surface area contributed by atoms with Gasteiger partial charge in [-0.1, -0.05) is 20.8 Å². The Hall–Kier alpha value is -0.610. The average molecular weight is 255 g/mol. The standard InChI is InChI=1S/C14H29N3O/c1-4-8-16-9-11-17(12-10-16)14(18)6-5-7-15-13(2)3/h13,15H,4-12H2,1-3H3. The van der Waals surface area contributed by atoms with Crippen molar-refractivity contribution in [2.75, 3.05) is 39.3 Å². The summed E-state index contributed by atoms with van der Waals surface area (Å²) >= 11 is 0. The molecular weight excluding hydrogens is 226 g/mol. The fourth-order valence-electron chi connectivity index (χ4n) is 2.33. The molecule has 0 bridgehead atoms. The molecule has 0 atom stereocenters. The van der Waals surface area contributed by atoms with E-state index in [1.54, 1.807) is 0 Å². The molecule has 106 valence electrons. The minimum absolute atomic E-state index is 0.330. The Balaban J connectivity index is 2.12. The number of hydrogen-bond donors (Lipinski definition) is 1. The van der Waals surface area contributed by atoms with Crippen LogP contribution in [-0.2, 0) is 4.79 Å². The van der Waals surface area contributed by atoms with Crippen LogP contribution in [0.15, 0.2) is 0 Å². The van der Waals surface area contributed by atoms with E-state index in [0.717, 1.165) is 39.1 Å². The number of nitrogens with one attached hydrogen (secondary N) is 1. The second-order valence-corrected chi connectivity index (χ2v) is 5.43. The highest BCUT2D eigenvalue weighted by atomic mass is 16.2. The third kappa shape index (κ3) is 5.83. The van der Waals surface area contributed by atoms with Crippen molar-refractivity contribution in [3.05, 3.63) is 0 Å².